The van der Waals surface area contributed by atoms with Crippen LogP contribution in [0.2, 0.25) is 5.02 Å². The first-order chi connectivity index (χ1) is 14.1. The highest BCUT2D eigenvalue weighted by Crippen LogP contribution is 2.34. The van der Waals surface area contributed by atoms with Crippen molar-refractivity contribution in [2.75, 3.05) is 0 Å². The number of rotatable bonds is 4. The Hall–Kier alpha value is -3.88. The second kappa shape index (κ2) is 7.63. The fraction of sp³-hybridized carbons (Fsp3) is 0. The number of benzene rings is 3. The topological polar surface area (TPSA) is 80.1 Å². The molecular weight excluding hydrogens is 388 g/mol. The number of nitro benzene ring substituents is 1. The van der Waals surface area contributed by atoms with Gasteiger partial charge in [0.25, 0.3) is 5.69 Å². The third-order valence-electron chi connectivity index (χ3n) is 4.54. The quantitative estimate of drug-likeness (QED) is 0.216. The third kappa shape index (κ3) is 3.62. The van der Waals surface area contributed by atoms with Crippen LogP contribution in [0.5, 0.6) is 0 Å². The zero-order valence-corrected chi connectivity index (χ0v) is 15.8. The average molecular weight is 401 g/mol. The van der Waals surface area contributed by atoms with Gasteiger partial charge in [0.1, 0.15) is 11.5 Å². The van der Waals surface area contributed by atoms with Gasteiger partial charge in [-0.15, -0.1) is 0 Å². The molecule has 0 saturated heterocycles. The predicted octanol–water partition coefficient (Wildman–Crippen LogP) is 6.73. The Labute approximate surface area is 171 Å². The number of non-ortho nitro benzene ring substituents is 1. The number of nitriles is 1. The number of nitrogens with zero attached hydrogens (tertiary/aromatic N) is 2. The molecule has 4 aromatic rings. The van der Waals surface area contributed by atoms with E-state index in [-0.39, 0.29) is 5.69 Å². The molecule has 0 amide bonds. The van der Waals surface area contributed by atoms with E-state index in [2.05, 4.69) is 6.07 Å². The van der Waals surface area contributed by atoms with Crippen molar-refractivity contribution >= 4 is 39.7 Å². The summed E-state index contributed by atoms with van der Waals surface area (Å²) in [5.41, 5.74) is 1.60. The Morgan fingerprint density at radius 2 is 1.86 bits per heavy atom. The maximum Gasteiger partial charge on any atom is 0.270 e. The largest absolute Gasteiger partial charge is 0.457 e. The van der Waals surface area contributed by atoms with Crippen LogP contribution in [0.25, 0.3) is 33.7 Å². The summed E-state index contributed by atoms with van der Waals surface area (Å²) in [6.45, 7) is 0. The van der Waals surface area contributed by atoms with Gasteiger partial charge in [0.15, 0.2) is 0 Å². The predicted molar refractivity (Wildman–Crippen MR) is 113 cm³/mol. The summed E-state index contributed by atoms with van der Waals surface area (Å²) in [6, 6.07) is 23.4. The number of fused-ring (bicyclic) bond motifs is 1. The molecule has 0 aliphatic carbocycles. The van der Waals surface area contributed by atoms with E-state index in [0.717, 1.165) is 16.3 Å². The van der Waals surface area contributed by atoms with Crippen LogP contribution in [0.3, 0.4) is 0 Å². The molecule has 1 heterocycles. The van der Waals surface area contributed by atoms with Gasteiger partial charge in [-0.05, 0) is 35.0 Å². The standard InChI is InChI=1S/C23H13ClN2O3/c24-22-10-8-17(26(27)28)13-21(22)23-11-9-18(29-23)12-16(14-25)20-7-3-5-15-4-1-2-6-19(15)20/h1-13H/b16-12-. The number of hydrogen-bond acceptors (Lipinski definition) is 4. The molecule has 0 aliphatic rings. The molecule has 1 aromatic heterocycles. The second-order valence-electron chi connectivity index (χ2n) is 6.32. The number of halogens is 1. The Morgan fingerprint density at radius 1 is 1.07 bits per heavy atom. The lowest BCUT2D eigenvalue weighted by molar-refractivity contribution is -0.384. The van der Waals surface area contributed by atoms with Crippen molar-refractivity contribution in [2.45, 2.75) is 0 Å². The molecule has 0 saturated carbocycles. The minimum Gasteiger partial charge on any atom is -0.457 e. The molecule has 3 aromatic carbocycles. The maximum atomic E-state index is 11.0. The van der Waals surface area contributed by atoms with Gasteiger partial charge in [-0.3, -0.25) is 10.1 Å². The second-order valence-corrected chi connectivity index (χ2v) is 6.73. The van der Waals surface area contributed by atoms with Crippen molar-refractivity contribution in [1.82, 2.24) is 0 Å². The van der Waals surface area contributed by atoms with Crippen molar-refractivity contribution in [1.29, 1.82) is 5.26 Å². The van der Waals surface area contributed by atoms with Gasteiger partial charge < -0.3 is 4.42 Å². The van der Waals surface area contributed by atoms with Gasteiger partial charge in [0, 0.05) is 23.3 Å². The van der Waals surface area contributed by atoms with Crippen LogP contribution in [-0.2, 0) is 0 Å². The lowest BCUT2D eigenvalue weighted by Gasteiger charge is -2.05. The smallest absolute Gasteiger partial charge is 0.270 e. The lowest BCUT2D eigenvalue weighted by atomic mass is 9.98. The summed E-state index contributed by atoms with van der Waals surface area (Å²) in [7, 11) is 0. The summed E-state index contributed by atoms with van der Waals surface area (Å²) in [4.78, 5) is 10.5. The van der Waals surface area contributed by atoms with Gasteiger partial charge in [-0.1, -0.05) is 54.1 Å². The van der Waals surface area contributed by atoms with Crippen LogP contribution in [0, 0.1) is 21.4 Å². The molecule has 0 bridgehead atoms. The zero-order valence-electron chi connectivity index (χ0n) is 15.0. The Balaban J connectivity index is 1.76. The number of allylic oxidation sites excluding steroid dienone is 1. The molecule has 6 heteroatoms. The Morgan fingerprint density at radius 3 is 2.66 bits per heavy atom. The molecule has 140 valence electrons. The van der Waals surface area contributed by atoms with E-state index in [9.17, 15) is 15.4 Å². The van der Waals surface area contributed by atoms with Crippen LogP contribution < -0.4 is 0 Å². The summed E-state index contributed by atoms with van der Waals surface area (Å²) < 4.78 is 5.82. The van der Waals surface area contributed by atoms with Gasteiger partial charge in [-0.2, -0.15) is 5.26 Å². The summed E-state index contributed by atoms with van der Waals surface area (Å²) >= 11 is 6.19. The SMILES string of the molecule is N#C/C(=C/c1ccc(-c2cc([N+](=O)[O-])ccc2Cl)o1)c1cccc2ccccc12. The first-order valence-electron chi connectivity index (χ1n) is 8.71. The number of furan rings is 1. The van der Waals surface area contributed by atoms with Crippen molar-refractivity contribution in [3.05, 3.63) is 99.3 Å². The van der Waals surface area contributed by atoms with E-state index in [1.165, 1.54) is 18.2 Å². The van der Waals surface area contributed by atoms with E-state index in [1.54, 1.807) is 18.2 Å². The molecule has 0 spiro atoms. The molecule has 0 N–H and O–H groups in total. The van der Waals surface area contributed by atoms with Crippen LogP contribution in [0.1, 0.15) is 11.3 Å². The minimum atomic E-state index is -0.488. The van der Waals surface area contributed by atoms with Gasteiger partial charge in [0.05, 0.1) is 21.6 Å². The van der Waals surface area contributed by atoms with Gasteiger partial charge in [0.2, 0.25) is 0 Å². The first-order valence-corrected chi connectivity index (χ1v) is 9.08. The van der Waals surface area contributed by atoms with Crippen LogP contribution in [0.4, 0.5) is 5.69 Å². The van der Waals surface area contributed by atoms with Crippen LogP contribution >= 0.6 is 11.6 Å². The Bertz CT molecular complexity index is 1310. The molecule has 0 atom stereocenters. The first kappa shape index (κ1) is 18.5. The molecule has 0 fully saturated rings. The van der Waals surface area contributed by atoms with Crippen molar-refractivity contribution in [2.24, 2.45) is 0 Å². The summed E-state index contributed by atoms with van der Waals surface area (Å²) in [5, 5.41) is 23.1. The molecule has 4 rings (SSSR count). The molecule has 0 radical (unpaired) electrons. The van der Waals surface area contributed by atoms with E-state index in [0.29, 0.717) is 27.7 Å². The molecule has 0 unspecified atom stereocenters. The normalized spacial score (nSPS) is 11.4. The van der Waals surface area contributed by atoms with E-state index < -0.39 is 4.92 Å². The fourth-order valence-electron chi connectivity index (χ4n) is 3.16. The monoisotopic (exact) mass is 400 g/mol. The van der Waals surface area contributed by atoms with E-state index in [4.69, 9.17) is 16.0 Å². The van der Waals surface area contributed by atoms with Gasteiger partial charge in [-0.25, -0.2) is 0 Å². The zero-order chi connectivity index (χ0) is 20.4. The number of nitro groups is 1. The van der Waals surface area contributed by atoms with Crippen molar-refractivity contribution < 1.29 is 9.34 Å². The van der Waals surface area contributed by atoms with E-state index >= 15 is 0 Å². The highest BCUT2D eigenvalue weighted by Gasteiger charge is 2.14. The van der Waals surface area contributed by atoms with Crippen molar-refractivity contribution in [3.63, 3.8) is 0 Å². The molecule has 0 aliphatic heterocycles. The van der Waals surface area contributed by atoms with Gasteiger partial charge >= 0.3 is 0 Å². The third-order valence-corrected chi connectivity index (χ3v) is 4.87. The Kier molecular flexibility index (Phi) is 4.86. The summed E-state index contributed by atoms with van der Waals surface area (Å²) in [6.07, 6.45) is 1.65. The maximum absolute atomic E-state index is 11.0. The minimum absolute atomic E-state index is 0.0774. The highest BCUT2D eigenvalue weighted by atomic mass is 35.5. The average Bonchev–Trinajstić information content (AvgIpc) is 3.20. The molecular formula is C23H13ClN2O3. The molecule has 5 nitrogen and oxygen atoms in total. The number of hydrogen-bond donors (Lipinski definition) is 0. The molecule has 29 heavy (non-hydrogen) atoms. The van der Waals surface area contributed by atoms with Crippen LogP contribution in [0.15, 0.2) is 77.2 Å². The van der Waals surface area contributed by atoms with Crippen molar-refractivity contribution in [3.8, 4) is 17.4 Å². The fourth-order valence-corrected chi connectivity index (χ4v) is 3.37. The summed E-state index contributed by atoms with van der Waals surface area (Å²) in [5.74, 6) is 0.840. The highest BCUT2D eigenvalue weighted by molar-refractivity contribution is 6.33. The van der Waals surface area contributed by atoms with E-state index in [1.807, 2.05) is 42.5 Å². The lowest BCUT2D eigenvalue weighted by Crippen LogP contribution is -1.88. The van der Waals surface area contributed by atoms with Crippen LogP contribution in [-0.4, -0.2) is 4.92 Å².